The van der Waals surface area contributed by atoms with Gasteiger partial charge < -0.3 is 9.47 Å². The minimum absolute atomic E-state index is 0.253. The van der Waals surface area contributed by atoms with Gasteiger partial charge in [-0.1, -0.05) is 19.6 Å². The van der Waals surface area contributed by atoms with Gasteiger partial charge in [-0.15, -0.1) is 0 Å². The topological polar surface area (TPSA) is 44.2 Å². The van der Waals surface area contributed by atoms with Crippen molar-refractivity contribution in [2.45, 2.75) is 25.7 Å². The van der Waals surface area contributed by atoms with Gasteiger partial charge in [0.05, 0.1) is 6.20 Å². The van der Waals surface area contributed by atoms with Crippen LogP contribution in [-0.4, -0.2) is 31.4 Å². The van der Waals surface area contributed by atoms with Crippen molar-refractivity contribution in [1.29, 1.82) is 0 Å². The molecule has 0 saturated carbocycles. The van der Waals surface area contributed by atoms with Crippen LogP contribution >= 0.6 is 0 Å². The van der Waals surface area contributed by atoms with Crippen LogP contribution < -0.4 is 4.74 Å². The second kappa shape index (κ2) is 5.82. The molecule has 1 rings (SSSR count). The highest BCUT2D eigenvalue weighted by molar-refractivity contribution is 6.76. The Hall–Kier alpha value is -0.943. The lowest BCUT2D eigenvalue weighted by Gasteiger charge is -2.15. The van der Waals surface area contributed by atoms with Gasteiger partial charge in [0, 0.05) is 27.1 Å². The first-order chi connectivity index (χ1) is 7.08. The summed E-state index contributed by atoms with van der Waals surface area (Å²) in [4.78, 5) is 7.86. The van der Waals surface area contributed by atoms with Crippen LogP contribution in [0.1, 0.15) is 0 Å². The van der Waals surface area contributed by atoms with Crippen molar-refractivity contribution in [3.63, 3.8) is 0 Å². The lowest BCUT2D eigenvalue weighted by Crippen LogP contribution is -2.22. The molecule has 0 atom stereocenters. The number of nitrogens with zero attached hydrogens (tertiary/aromatic N) is 2. The Bertz CT molecular complexity index is 275. The van der Waals surface area contributed by atoms with E-state index in [-0.39, 0.29) is 6.79 Å². The van der Waals surface area contributed by atoms with Crippen LogP contribution in [-0.2, 0) is 4.74 Å². The summed E-state index contributed by atoms with van der Waals surface area (Å²) in [5.41, 5.74) is 0. The van der Waals surface area contributed by atoms with Gasteiger partial charge >= 0.3 is 0 Å². The molecule has 5 heteroatoms. The smallest absolute Gasteiger partial charge is 0.234 e. The highest BCUT2D eigenvalue weighted by Crippen LogP contribution is 2.07. The van der Waals surface area contributed by atoms with Gasteiger partial charge in [-0.2, -0.15) is 0 Å². The van der Waals surface area contributed by atoms with E-state index in [0.717, 1.165) is 12.7 Å². The molecule has 0 fully saturated rings. The molecule has 0 aliphatic heterocycles. The fourth-order valence-electron chi connectivity index (χ4n) is 0.899. The predicted molar refractivity (Wildman–Crippen MR) is 61.6 cm³/mol. The van der Waals surface area contributed by atoms with Crippen molar-refractivity contribution in [2.24, 2.45) is 0 Å². The first kappa shape index (κ1) is 12.1. The van der Waals surface area contributed by atoms with Crippen LogP contribution in [0.4, 0.5) is 0 Å². The lowest BCUT2D eigenvalue weighted by molar-refractivity contribution is 0.0191. The van der Waals surface area contributed by atoms with E-state index in [1.54, 1.807) is 18.6 Å². The van der Waals surface area contributed by atoms with E-state index in [4.69, 9.17) is 9.47 Å². The molecular formula is C10H18N2O2Si. The number of hydrogen-bond donors (Lipinski definition) is 0. The van der Waals surface area contributed by atoms with Gasteiger partial charge in [-0.3, -0.25) is 4.98 Å². The molecule has 15 heavy (non-hydrogen) atoms. The van der Waals surface area contributed by atoms with Crippen molar-refractivity contribution >= 4 is 8.07 Å². The lowest BCUT2D eigenvalue weighted by atomic mass is 10.7. The zero-order chi connectivity index (χ0) is 11.1. The van der Waals surface area contributed by atoms with E-state index in [1.165, 1.54) is 0 Å². The average Bonchev–Trinajstić information content (AvgIpc) is 2.17. The zero-order valence-electron chi connectivity index (χ0n) is 9.56. The Kier molecular flexibility index (Phi) is 4.71. The van der Waals surface area contributed by atoms with E-state index in [1.807, 2.05) is 0 Å². The van der Waals surface area contributed by atoms with Crippen molar-refractivity contribution in [3.8, 4) is 5.88 Å². The summed E-state index contributed by atoms with van der Waals surface area (Å²) in [7, 11) is -0.995. The summed E-state index contributed by atoms with van der Waals surface area (Å²) in [6.45, 7) is 7.97. The van der Waals surface area contributed by atoms with Crippen LogP contribution in [0.3, 0.4) is 0 Å². The molecule has 1 aromatic rings. The van der Waals surface area contributed by atoms with E-state index >= 15 is 0 Å². The number of ether oxygens (including phenoxy) is 2. The Morgan fingerprint density at radius 1 is 1.27 bits per heavy atom. The van der Waals surface area contributed by atoms with E-state index in [9.17, 15) is 0 Å². The maximum Gasteiger partial charge on any atom is 0.234 e. The monoisotopic (exact) mass is 226 g/mol. The molecule has 0 aliphatic rings. The number of rotatable bonds is 6. The summed E-state index contributed by atoms with van der Waals surface area (Å²) in [5.74, 6) is 0.505. The third-order valence-electron chi connectivity index (χ3n) is 1.83. The summed E-state index contributed by atoms with van der Waals surface area (Å²) in [6.07, 6.45) is 4.78. The molecule has 0 spiro atoms. The molecule has 4 nitrogen and oxygen atoms in total. The van der Waals surface area contributed by atoms with Gasteiger partial charge in [-0.25, -0.2) is 4.98 Å². The first-order valence-electron chi connectivity index (χ1n) is 5.04. The minimum atomic E-state index is -0.995. The summed E-state index contributed by atoms with van der Waals surface area (Å²) in [5, 5.41) is 0. The third-order valence-corrected chi connectivity index (χ3v) is 3.53. The Balaban J connectivity index is 2.08. The molecule has 0 bridgehead atoms. The number of aromatic nitrogens is 2. The van der Waals surface area contributed by atoms with Crippen molar-refractivity contribution in [1.82, 2.24) is 9.97 Å². The first-order valence-corrected chi connectivity index (χ1v) is 8.75. The van der Waals surface area contributed by atoms with Crippen LogP contribution in [0.15, 0.2) is 18.6 Å². The van der Waals surface area contributed by atoms with E-state index in [0.29, 0.717) is 5.88 Å². The van der Waals surface area contributed by atoms with Crippen molar-refractivity contribution in [3.05, 3.63) is 18.6 Å². The van der Waals surface area contributed by atoms with Gasteiger partial charge in [0.25, 0.3) is 0 Å². The van der Waals surface area contributed by atoms with Gasteiger partial charge in [0.1, 0.15) is 0 Å². The highest BCUT2D eigenvalue weighted by atomic mass is 28.3. The Morgan fingerprint density at radius 3 is 2.67 bits per heavy atom. The number of hydrogen-bond acceptors (Lipinski definition) is 4. The van der Waals surface area contributed by atoms with Gasteiger partial charge in [0.15, 0.2) is 6.79 Å². The average molecular weight is 226 g/mol. The second-order valence-corrected chi connectivity index (χ2v) is 10.1. The predicted octanol–water partition coefficient (Wildman–Crippen LogP) is 2.17. The van der Waals surface area contributed by atoms with Gasteiger partial charge in [0.2, 0.25) is 5.88 Å². The summed E-state index contributed by atoms with van der Waals surface area (Å²) >= 11 is 0. The molecule has 0 radical (unpaired) electrons. The molecule has 84 valence electrons. The van der Waals surface area contributed by atoms with Crippen molar-refractivity contribution in [2.75, 3.05) is 13.4 Å². The maximum atomic E-state index is 5.36. The molecule has 0 amide bonds. The molecule has 0 unspecified atom stereocenters. The van der Waals surface area contributed by atoms with Crippen molar-refractivity contribution < 1.29 is 9.47 Å². The fourth-order valence-corrected chi connectivity index (χ4v) is 1.66. The molecular weight excluding hydrogens is 208 g/mol. The summed E-state index contributed by atoms with van der Waals surface area (Å²) in [6, 6.07) is 1.15. The zero-order valence-corrected chi connectivity index (χ0v) is 10.6. The molecule has 1 aromatic heterocycles. The third kappa shape index (κ3) is 6.19. The normalized spacial score (nSPS) is 11.4. The molecule has 0 aromatic carbocycles. The quantitative estimate of drug-likeness (QED) is 0.423. The molecule has 0 N–H and O–H groups in total. The van der Waals surface area contributed by atoms with Gasteiger partial charge in [-0.05, 0) is 6.04 Å². The second-order valence-electron chi connectivity index (χ2n) is 4.52. The standard InChI is InChI=1S/C10H18N2O2Si/c1-15(2,3)7-6-13-9-14-10-8-11-4-5-12-10/h4-5,8H,6-7,9H2,1-3H3. The van der Waals surface area contributed by atoms with E-state index in [2.05, 4.69) is 29.6 Å². The highest BCUT2D eigenvalue weighted by Gasteiger charge is 2.11. The van der Waals surface area contributed by atoms with Crippen LogP contribution in [0.2, 0.25) is 25.7 Å². The molecule has 0 saturated heterocycles. The molecule has 1 heterocycles. The Morgan fingerprint density at radius 2 is 2.07 bits per heavy atom. The maximum absolute atomic E-state index is 5.36. The summed E-state index contributed by atoms with van der Waals surface area (Å²) < 4.78 is 10.6. The minimum Gasteiger partial charge on any atom is -0.449 e. The van der Waals surface area contributed by atoms with Crippen LogP contribution in [0.5, 0.6) is 5.88 Å². The fraction of sp³-hybridized carbons (Fsp3) is 0.600. The van der Waals surface area contributed by atoms with Crippen LogP contribution in [0, 0.1) is 0 Å². The SMILES string of the molecule is C[Si](C)(C)CCOCOc1cnccn1. The largest absolute Gasteiger partial charge is 0.449 e. The Labute approximate surface area is 91.7 Å². The van der Waals surface area contributed by atoms with E-state index < -0.39 is 8.07 Å². The molecule has 0 aliphatic carbocycles. The van der Waals surface area contributed by atoms with Crippen LogP contribution in [0.25, 0.3) is 0 Å².